The molecule has 0 aromatic carbocycles. The Kier molecular flexibility index (Phi) is 7.61. The zero-order chi connectivity index (χ0) is 19.2. The molecule has 27 heavy (non-hydrogen) atoms. The lowest BCUT2D eigenvalue weighted by molar-refractivity contribution is 0.0763. The summed E-state index contributed by atoms with van der Waals surface area (Å²) in [5.41, 5.74) is 3.16. The minimum Gasteiger partial charge on any atom is -0.379 e. The number of rotatable bonds is 8. The van der Waals surface area contributed by atoms with Crippen molar-refractivity contribution in [3.63, 3.8) is 0 Å². The number of aromatic nitrogens is 2. The van der Waals surface area contributed by atoms with E-state index in [-0.39, 0.29) is 5.91 Å². The molecular weight excluding hydrogens is 360 g/mol. The van der Waals surface area contributed by atoms with Gasteiger partial charge in [0.15, 0.2) is 5.69 Å². The monoisotopic (exact) mass is 394 g/mol. The lowest BCUT2D eigenvalue weighted by Crippen LogP contribution is -2.40. The molecule has 1 unspecified atom stereocenters. The largest absolute Gasteiger partial charge is 0.379 e. The average molecular weight is 395 g/mol. The van der Waals surface area contributed by atoms with E-state index >= 15 is 0 Å². The number of hydrogen-bond donors (Lipinski definition) is 1. The number of fused-ring (bicyclic) bond motifs is 1. The Morgan fingerprint density at radius 3 is 2.85 bits per heavy atom. The highest BCUT2D eigenvalue weighted by Crippen LogP contribution is 2.26. The van der Waals surface area contributed by atoms with Crippen molar-refractivity contribution < 1.29 is 9.53 Å². The minimum atomic E-state index is 0.129. The van der Waals surface area contributed by atoms with Gasteiger partial charge in [0.2, 0.25) is 0 Å². The Morgan fingerprint density at radius 2 is 2.15 bits per heavy atom. The Labute approximate surface area is 167 Å². The zero-order valence-electron chi connectivity index (χ0n) is 17.0. The highest BCUT2D eigenvalue weighted by atomic mass is 32.2. The van der Waals surface area contributed by atoms with Gasteiger partial charge in [0, 0.05) is 55.0 Å². The summed E-state index contributed by atoms with van der Waals surface area (Å²) in [6.45, 7) is 10.5. The molecule has 7 heteroatoms. The molecule has 1 N–H and O–H groups in total. The number of nitrogens with zero attached hydrogens (tertiary/aromatic N) is 3. The molecule has 0 saturated carbocycles. The third-order valence-electron chi connectivity index (χ3n) is 5.35. The molecule has 1 atom stereocenters. The molecule has 1 fully saturated rings. The van der Waals surface area contributed by atoms with Crippen LogP contribution in [0.5, 0.6) is 0 Å². The van der Waals surface area contributed by atoms with E-state index in [4.69, 9.17) is 9.84 Å². The second kappa shape index (κ2) is 9.94. The van der Waals surface area contributed by atoms with Gasteiger partial charge in [-0.2, -0.15) is 16.9 Å². The van der Waals surface area contributed by atoms with Gasteiger partial charge in [-0.1, -0.05) is 0 Å². The van der Waals surface area contributed by atoms with Crippen LogP contribution in [-0.4, -0.2) is 70.5 Å². The van der Waals surface area contributed by atoms with Gasteiger partial charge in [0.25, 0.3) is 5.91 Å². The smallest absolute Gasteiger partial charge is 0.274 e. The van der Waals surface area contributed by atoms with Gasteiger partial charge in [-0.15, -0.1) is 0 Å². The summed E-state index contributed by atoms with van der Waals surface area (Å²) in [6, 6.07) is 0.425. The van der Waals surface area contributed by atoms with Crippen molar-refractivity contribution >= 4 is 17.7 Å². The molecule has 0 radical (unpaired) electrons. The number of hydrogen-bond acceptors (Lipinski definition) is 5. The summed E-state index contributed by atoms with van der Waals surface area (Å²) in [6.07, 6.45) is 4.33. The fraction of sp³-hybridized carbons (Fsp3) is 0.800. The Balaban J connectivity index is 1.63. The first-order valence-corrected chi connectivity index (χ1v) is 11.6. The van der Waals surface area contributed by atoms with Crippen molar-refractivity contribution in [2.45, 2.75) is 65.1 Å². The highest BCUT2D eigenvalue weighted by Gasteiger charge is 2.31. The third-order valence-corrected chi connectivity index (χ3v) is 6.29. The molecule has 1 aliphatic carbocycles. The summed E-state index contributed by atoms with van der Waals surface area (Å²) in [4.78, 5) is 15.1. The highest BCUT2D eigenvalue weighted by molar-refractivity contribution is 7.99. The lowest BCUT2D eigenvalue weighted by Gasteiger charge is -2.27. The summed E-state index contributed by atoms with van der Waals surface area (Å²) in [5, 5.41) is 8.38. The molecule has 6 nitrogen and oxygen atoms in total. The SMILES string of the molecule is CCn1nc(C(=O)N2CCSCC2)c2c1CCC(NCCCOC(C)C)C2. The van der Waals surface area contributed by atoms with Gasteiger partial charge < -0.3 is 15.0 Å². The number of aryl methyl sites for hydroxylation is 1. The van der Waals surface area contributed by atoms with Crippen LogP contribution in [0.1, 0.15) is 55.4 Å². The van der Waals surface area contributed by atoms with Crippen molar-refractivity contribution in [1.82, 2.24) is 20.0 Å². The van der Waals surface area contributed by atoms with Crippen molar-refractivity contribution in [3.8, 4) is 0 Å². The van der Waals surface area contributed by atoms with Crippen molar-refractivity contribution in [2.75, 3.05) is 37.7 Å². The molecule has 1 saturated heterocycles. The van der Waals surface area contributed by atoms with Gasteiger partial charge >= 0.3 is 0 Å². The van der Waals surface area contributed by atoms with Crippen LogP contribution in [0.15, 0.2) is 0 Å². The van der Waals surface area contributed by atoms with E-state index in [2.05, 4.69) is 26.1 Å². The first kappa shape index (κ1) is 20.7. The molecule has 1 aromatic rings. The van der Waals surface area contributed by atoms with Gasteiger partial charge in [-0.25, -0.2) is 0 Å². The maximum absolute atomic E-state index is 13.1. The first-order chi connectivity index (χ1) is 13.1. The normalized spacial score (nSPS) is 20.1. The number of nitrogens with one attached hydrogen (secondary N) is 1. The quantitative estimate of drug-likeness (QED) is 0.686. The molecule has 2 heterocycles. The maximum Gasteiger partial charge on any atom is 0.274 e. The third kappa shape index (κ3) is 5.27. The van der Waals surface area contributed by atoms with Crippen LogP contribution in [0, 0.1) is 0 Å². The molecule has 3 rings (SSSR count). The van der Waals surface area contributed by atoms with Crippen LogP contribution < -0.4 is 5.32 Å². The second-order valence-electron chi connectivity index (χ2n) is 7.66. The van der Waals surface area contributed by atoms with E-state index in [0.717, 1.165) is 70.0 Å². The van der Waals surface area contributed by atoms with E-state index in [9.17, 15) is 4.79 Å². The molecule has 1 amide bonds. The Hall–Kier alpha value is -1.05. The standard InChI is InChI=1S/C20H34N4O2S/c1-4-24-18-7-6-16(21-8-5-11-26-15(2)3)14-17(18)19(22-24)20(25)23-9-12-27-13-10-23/h15-16,21H,4-14H2,1-3H3. The van der Waals surface area contributed by atoms with Gasteiger partial charge in [0.1, 0.15) is 0 Å². The summed E-state index contributed by atoms with van der Waals surface area (Å²) in [5.74, 6) is 2.19. The molecule has 1 aliphatic heterocycles. The second-order valence-corrected chi connectivity index (χ2v) is 8.89. The average Bonchev–Trinajstić information content (AvgIpc) is 3.05. The summed E-state index contributed by atoms with van der Waals surface area (Å²) < 4.78 is 7.67. The summed E-state index contributed by atoms with van der Waals surface area (Å²) >= 11 is 1.93. The predicted octanol–water partition coefficient (Wildman–Crippen LogP) is 2.35. The lowest BCUT2D eigenvalue weighted by atomic mass is 9.91. The Morgan fingerprint density at radius 1 is 1.37 bits per heavy atom. The van der Waals surface area contributed by atoms with Gasteiger partial charge in [0.05, 0.1) is 6.10 Å². The number of amides is 1. The van der Waals surface area contributed by atoms with Crippen LogP contribution in [-0.2, 0) is 24.1 Å². The number of carbonyl (C=O) groups is 1. The van der Waals surface area contributed by atoms with E-state index in [1.54, 1.807) is 0 Å². The fourth-order valence-corrected chi connectivity index (χ4v) is 4.81. The maximum atomic E-state index is 13.1. The minimum absolute atomic E-state index is 0.129. The number of thioether (sulfide) groups is 1. The molecule has 0 bridgehead atoms. The molecule has 1 aromatic heterocycles. The van der Waals surface area contributed by atoms with Crippen LogP contribution in [0.25, 0.3) is 0 Å². The van der Waals surface area contributed by atoms with Crippen LogP contribution in [0.2, 0.25) is 0 Å². The molecular formula is C20H34N4O2S. The van der Waals surface area contributed by atoms with Crippen LogP contribution in [0.4, 0.5) is 0 Å². The zero-order valence-corrected chi connectivity index (χ0v) is 17.8. The number of ether oxygens (including phenoxy) is 1. The van der Waals surface area contributed by atoms with Gasteiger partial charge in [-0.3, -0.25) is 9.48 Å². The van der Waals surface area contributed by atoms with Crippen molar-refractivity contribution in [3.05, 3.63) is 17.0 Å². The topological polar surface area (TPSA) is 59.4 Å². The van der Waals surface area contributed by atoms with E-state index in [0.29, 0.717) is 17.8 Å². The van der Waals surface area contributed by atoms with Crippen LogP contribution in [0.3, 0.4) is 0 Å². The van der Waals surface area contributed by atoms with E-state index in [1.807, 2.05) is 21.3 Å². The van der Waals surface area contributed by atoms with Gasteiger partial charge in [-0.05, 0) is 53.0 Å². The molecule has 0 spiro atoms. The van der Waals surface area contributed by atoms with Crippen LogP contribution >= 0.6 is 11.8 Å². The Bertz CT molecular complexity index is 626. The summed E-state index contributed by atoms with van der Waals surface area (Å²) in [7, 11) is 0. The predicted molar refractivity (Wildman–Crippen MR) is 111 cm³/mol. The molecule has 2 aliphatic rings. The number of carbonyl (C=O) groups excluding carboxylic acids is 1. The molecule has 152 valence electrons. The van der Waals surface area contributed by atoms with E-state index < -0.39 is 0 Å². The van der Waals surface area contributed by atoms with Crippen molar-refractivity contribution in [1.29, 1.82) is 0 Å². The fourth-order valence-electron chi connectivity index (χ4n) is 3.91. The van der Waals surface area contributed by atoms with Crippen molar-refractivity contribution in [2.24, 2.45) is 0 Å². The van der Waals surface area contributed by atoms with E-state index in [1.165, 1.54) is 11.3 Å². The first-order valence-electron chi connectivity index (χ1n) is 10.4.